The Morgan fingerprint density at radius 1 is 0.939 bits per heavy atom. The van der Waals surface area contributed by atoms with Crippen LogP contribution in [-0.2, 0) is 16.4 Å². The van der Waals surface area contributed by atoms with Crippen molar-refractivity contribution in [1.29, 1.82) is 0 Å². The quantitative estimate of drug-likeness (QED) is 0.364. The van der Waals surface area contributed by atoms with E-state index in [9.17, 15) is 8.42 Å². The maximum absolute atomic E-state index is 13.5. The summed E-state index contributed by atoms with van der Waals surface area (Å²) in [4.78, 5) is 4.47. The lowest BCUT2D eigenvalue weighted by Gasteiger charge is -2.07. The topological polar surface area (TPSA) is 90.7 Å². The molecular formula is C25H24N2O5S. The molecule has 170 valence electrons. The summed E-state index contributed by atoms with van der Waals surface area (Å²) >= 11 is 0. The standard InChI is InChI=1S/C25H24N2O5S/c1-3-31-20-12-14-22(15-13-20)33(28,29)25-24(26-17-18-8-5-4-6-9-18)32-23(27-25)19-10-7-11-21(16-19)30-2/h4-16,26H,3,17H2,1-2H3. The minimum absolute atomic E-state index is 0.0746. The highest BCUT2D eigenvalue weighted by molar-refractivity contribution is 7.91. The number of oxazole rings is 1. The van der Waals surface area contributed by atoms with Gasteiger partial charge in [0, 0.05) is 12.1 Å². The van der Waals surface area contributed by atoms with Crippen LogP contribution in [0.2, 0.25) is 0 Å². The molecular weight excluding hydrogens is 440 g/mol. The molecule has 4 aromatic rings. The molecule has 1 aromatic heterocycles. The smallest absolute Gasteiger partial charge is 0.234 e. The third-order valence-electron chi connectivity index (χ3n) is 4.91. The Morgan fingerprint density at radius 3 is 2.39 bits per heavy atom. The molecule has 0 bridgehead atoms. The molecule has 0 saturated heterocycles. The van der Waals surface area contributed by atoms with Crippen LogP contribution < -0.4 is 14.8 Å². The van der Waals surface area contributed by atoms with E-state index in [0.29, 0.717) is 30.2 Å². The number of benzene rings is 3. The Balaban J connectivity index is 1.74. The lowest BCUT2D eigenvalue weighted by Crippen LogP contribution is -2.07. The van der Waals surface area contributed by atoms with Gasteiger partial charge in [0.1, 0.15) is 11.5 Å². The molecule has 33 heavy (non-hydrogen) atoms. The fourth-order valence-electron chi connectivity index (χ4n) is 3.25. The first-order chi connectivity index (χ1) is 16.0. The molecule has 8 heteroatoms. The third-order valence-corrected chi connectivity index (χ3v) is 6.59. The highest BCUT2D eigenvalue weighted by Crippen LogP contribution is 2.34. The van der Waals surface area contributed by atoms with Crippen molar-refractivity contribution >= 4 is 15.7 Å². The Bertz CT molecular complexity index is 1320. The van der Waals surface area contributed by atoms with Crippen molar-refractivity contribution in [3.63, 3.8) is 0 Å². The highest BCUT2D eigenvalue weighted by atomic mass is 32.2. The van der Waals surface area contributed by atoms with E-state index in [4.69, 9.17) is 13.9 Å². The summed E-state index contributed by atoms with van der Waals surface area (Å²) in [6.07, 6.45) is 0. The lowest BCUT2D eigenvalue weighted by atomic mass is 10.2. The molecule has 4 rings (SSSR count). The second-order valence-corrected chi connectivity index (χ2v) is 9.00. The van der Waals surface area contributed by atoms with Gasteiger partial charge >= 0.3 is 0 Å². The predicted molar refractivity (Wildman–Crippen MR) is 125 cm³/mol. The normalized spacial score (nSPS) is 11.2. The average Bonchev–Trinajstić information content (AvgIpc) is 3.29. The van der Waals surface area contributed by atoms with Crippen LogP contribution in [0, 0.1) is 0 Å². The summed E-state index contributed by atoms with van der Waals surface area (Å²) in [6, 6.07) is 23.0. The van der Waals surface area contributed by atoms with E-state index in [1.807, 2.05) is 37.3 Å². The van der Waals surface area contributed by atoms with E-state index >= 15 is 0 Å². The molecule has 0 aliphatic heterocycles. The van der Waals surface area contributed by atoms with Crippen LogP contribution in [0.5, 0.6) is 11.5 Å². The number of aromatic nitrogens is 1. The molecule has 0 amide bonds. The Labute approximate surface area is 192 Å². The summed E-state index contributed by atoms with van der Waals surface area (Å²) in [5.74, 6) is 1.45. The zero-order valence-corrected chi connectivity index (χ0v) is 19.1. The van der Waals surface area contributed by atoms with E-state index in [1.165, 1.54) is 12.1 Å². The van der Waals surface area contributed by atoms with Gasteiger partial charge in [-0.15, -0.1) is 0 Å². The van der Waals surface area contributed by atoms with Crippen molar-refractivity contribution in [1.82, 2.24) is 4.98 Å². The summed E-state index contributed by atoms with van der Waals surface area (Å²) in [5, 5.41) is 2.91. The molecule has 1 N–H and O–H groups in total. The minimum Gasteiger partial charge on any atom is -0.497 e. The first-order valence-corrected chi connectivity index (χ1v) is 11.9. The van der Waals surface area contributed by atoms with Gasteiger partial charge in [-0.3, -0.25) is 0 Å². The largest absolute Gasteiger partial charge is 0.497 e. The lowest BCUT2D eigenvalue weighted by molar-refractivity contribution is 0.340. The Kier molecular flexibility index (Phi) is 6.65. The Morgan fingerprint density at radius 2 is 1.70 bits per heavy atom. The van der Waals surface area contributed by atoms with E-state index in [2.05, 4.69) is 10.3 Å². The first-order valence-electron chi connectivity index (χ1n) is 10.4. The second-order valence-electron chi connectivity index (χ2n) is 7.13. The molecule has 0 radical (unpaired) electrons. The van der Waals surface area contributed by atoms with Gasteiger partial charge in [-0.25, -0.2) is 8.42 Å². The number of nitrogens with one attached hydrogen (secondary N) is 1. The first kappa shape index (κ1) is 22.4. The monoisotopic (exact) mass is 464 g/mol. The number of hydrogen-bond donors (Lipinski definition) is 1. The molecule has 0 saturated carbocycles. The third kappa shape index (κ3) is 5.01. The van der Waals surface area contributed by atoms with Gasteiger partial charge in [0.05, 0.1) is 18.6 Å². The van der Waals surface area contributed by atoms with Gasteiger partial charge in [-0.2, -0.15) is 4.98 Å². The van der Waals surface area contributed by atoms with Crippen LogP contribution in [0.4, 0.5) is 5.88 Å². The molecule has 0 fully saturated rings. The number of ether oxygens (including phenoxy) is 2. The summed E-state index contributed by atoms with van der Waals surface area (Å²) in [6.45, 7) is 2.73. The van der Waals surface area contributed by atoms with Crippen LogP contribution in [-0.4, -0.2) is 27.1 Å². The zero-order valence-electron chi connectivity index (χ0n) is 18.3. The van der Waals surface area contributed by atoms with Crippen molar-refractivity contribution in [2.75, 3.05) is 19.0 Å². The number of nitrogens with zero attached hydrogens (tertiary/aromatic N) is 1. The van der Waals surface area contributed by atoms with E-state index in [-0.39, 0.29) is 21.7 Å². The van der Waals surface area contributed by atoms with E-state index in [0.717, 1.165) is 5.56 Å². The predicted octanol–water partition coefficient (Wildman–Crippen LogP) is 5.19. The fourth-order valence-corrected chi connectivity index (χ4v) is 4.53. The maximum atomic E-state index is 13.5. The number of anilines is 1. The second kappa shape index (κ2) is 9.79. The number of sulfone groups is 1. The fraction of sp³-hybridized carbons (Fsp3) is 0.160. The van der Waals surface area contributed by atoms with Gasteiger partial charge < -0.3 is 19.2 Å². The van der Waals surface area contributed by atoms with Gasteiger partial charge in [-0.1, -0.05) is 36.4 Å². The van der Waals surface area contributed by atoms with Gasteiger partial charge in [0.2, 0.25) is 26.6 Å². The van der Waals surface area contributed by atoms with Gasteiger partial charge in [0.25, 0.3) is 0 Å². The van der Waals surface area contributed by atoms with Crippen molar-refractivity contribution < 1.29 is 22.3 Å². The maximum Gasteiger partial charge on any atom is 0.234 e. The molecule has 0 unspecified atom stereocenters. The van der Waals surface area contributed by atoms with Crippen molar-refractivity contribution in [2.45, 2.75) is 23.4 Å². The van der Waals surface area contributed by atoms with Crippen LogP contribution in [0.15, 0.2) is 93.2 Å². The summed E-state index contributed by atoms with van der Waals surface area (Å²) < 4.78 is 43.6. The highest BCUT2D eigenvalue weighted by Gasteiger charge is 2.28. The van der Waals surface area contributed by atoms with Crippen LogP contribution >= 0.6 is 0 Å². The number of rotatable bonds is 9. The van der Waals surface area contributed by atoms with Crippen LogP contribution in [0.3, 0.4) is 0 Å². The minimum atomic E-state index is -3.96. The number of methoxy groups -OCH3 is 1. The van der Waals surface area contributed by atoms with E-state index < -0.39 is 9.84 Å². The van der Waals surface area contributed by atoms with Crippen LogP contribution in [0.25, 0.3) is 11.5 Å². The van der Waals surface area contributed by atoms with Crippen molar-refractivity contribution in [3.05, 3.63) is 84.4 Å². The molecule has 7 nitrogen and oxygen atoms in total. The average molecular weight is 465 g/mol. The van der Waals surface area contributed by atoms with Gasteiger partial charge in [-0.05, 0) is 55.0 Å². The van der Waals surface area contributed by atoms with Crippen LogP contribution in [0.1, 0.15) is 12.5 Å². The molecule has 0 spiro atoms. The molecule has 0 atom stereocenters. The molecule has 0 aliphatic rings. The van der Waals surface area contributed by atoms with Gasteiger partial charge in [0.15, 0.2) is 0 Å². The molecule has 0 aliphatic carbocycles. The van der Waals surface area contributed by atoms with E-state index in [1.54, 1.807) is 43.5 Å². The Hall–Kier alpha value is -3.78. The summed E-state index contributed by atoms with van der Waals surface area (Å²) in [5.41, 5.74) is 1.58. The van der Waals surface area contributed by atoms with Crippen molar-refractivity contribution in [2.24, 2.45) is 0 Å². The molecule has 3 aromatic carbocycles. The SMILES string of the molecule is CCOc1ccc(S(=O)(=O)c2nc(-c3cccc(OC)c3)oc2NCc2ccccc2)cc1. The molecule has 1 heterocycles. The van der Waals surface area contributed by atoms with Crippen molar-refractivity contribution in [3.8, 4) is 23.0 Å². The zero-order chi connectivity index (χ0) is 23.3. The summed E-state index contributed by atoms with van der Waals surface area (Å²) in [7, 11) is -2.40. The number of hydrogen-bond acceptors (Lipinski definition) is 7.